The highest BCUT2D eigenvalue weighted by Gasteiger charge is 2.27. The van der Waals surface area contributed by atoms with Crippen LogP contribution in [0.3, 0.4) is 0 Å². The van der Waals surface area contributed by atoms with Crippen molar-refractivity contribution < 1.29 is 4.74 Å². The van der Waals surface area contributed by atoms with E-state index in [9.17, 15) is 0 Å². The monoisotopic (exact) mass is 228 g/mol. The van der Waals surface area contributed by atoms with Gasteiger partial charge in [0.25, 0.3) is 0 Å². The van der Waals surface area contributed by atoms with Crippen LogP contribution in [-0.4, -0.2) is 49.8 Å². The Balaban J connectivity index is 2.32. The lowest BCUT2D eigenvalue weighted by atomic mass is 9.93. The van der Waals surface area contributed by atoms with Crippen molar-refractivity contribution in [1.82, 2.24) is 10.2 Å². The molecule has 1 rings (SSSR count). The molecule has 1 aliphatic rings. The predicted octanol–water partition coefficient (Wildman–Crippen LogP) is 1.73. The minimum atomic E-state index is 0.560. The molecule has 16 heavy (non-hydrogen) atoms. The maximum absolute atomic E-state index is 5.50. The number of nitrogens with zero attached hydrogens (tertiary/aromatic N) is 1. The third-order valence-electron chi connectivity index (χ3n) is 3.59. The Bertz CT molecular complexity index is 187. The van der Waals surface area contributed by atoms with Gasteiger partial charge < -0.3 is 10.1 Å². The van der Waals surface area contributed by atoms with Gasteiger partial charge in [-0.1, -0.05) is 13.8 Å². The molecule has 0 bridgehead atoms. The summed E-state index contributed by atoms with van der Waals surface area (Å²) in [5, 5.41) is 3.58. The molecule has 0 aromatic carbocycles. The fraction of sp³-hybridized carbons (Fsp3) is 1.00. The van der Waals surface area contributed by atoms with Crippen LogP contribution in [-0.2, 0) is 4.74 Å². The van der Waals surface area contributed by atoms with Crippen molar-refractivity contribution in [2.75, 3.05) is 32.8 Å². The van der Waals surface area contributed by atoms with E-state index in [1.165, 1.54) is 19.5 Å². The molecule has 0 aromatic heterocycles. The summed E-state index contributed by atoms with van der Waals surface area (Å²) in [6.07, 6.45) is 1.27. The fourth-order valence-electron chi connectivity index (χ4n) is 2.54. The standard InChI is InChI=1S/C13H28N2O/c1-5-14-13-7-8-15(9-11(13)3)12(4)10-16-6-2/h11-14H,5-10H2,1-4H3. The highest BCUT2D eigenvalue weighted by atomic mass is 16.5. The van der Waals surface area contributed by atoms with Crippen LogP contribution in [0.4, 0.5) is 0 Å². The predicted molar refractivity (Wildman–Crippen MR) is 68.8 cm³/mol. The average Bonchev–Trinajstić information content (AvgIpc) is 2.29. The molecule has 3 heteroatoms. The zero-order valence-electron chi connectivity index (χ0n) is 11.3. The van der Waals surface area contributed by atoms with Crippen LogP contribution in [0.1, 0.15) is 34.1 Å². The maximum Gasteiger partial charge on any atom is 0.0618 e. The molecular formula is C13H28N2O. The first-order valence-corrected chi connectivity index (χ1v) is 6.74. The summed E-state index contributed by atoms with van der Waals surface area (Å²) in [5.41, 5.74) is 0. The van der Waals surface area contributed by atoms with E-state index in [4.69, 9.17) is 4.74 Å². The van der Waals surface area contributed by atoms with E-state index < -0.39 is 0 Å². The van der Waals surface area contributed by atoms with Crippen LogP contribution in [0.15, 0.2) is 0 Å². The van der Waals surface area contributed by atoms with E-state index in [2.05, 4.69) is 37.9 Å². The zero-order valence-corrected chi connectivity index (χ0v) is 11.3. The van der Waals surface area contributed by atoms with Crippen LogP contribution in [0.2, 0.25) is 0 Å². The molecule has 0 aliphatic carbocycles. The quantitative estimate of drug-likeness (QED) is 0.749. The molecule has 96 valence electrons. The zero-order chi connectivity index (χ0) is 12.0. The molecule has 1 N–H and O–H groups in total. The van der Waals surface area contributed by atoms with Crippen LogP contribution in [0.5, 0.6) is 0 Å². The minimum Gasteiger partial charge on any atom is -0.380 e. The van der Waals surface area contributed by atoms with Crippen molar-refractivity contribution >= 4 is 0 Å². The van der Waals surface area contributed by atoms with Crippen molar-refractivity contribution in [3.05, 3.63) is 0 Å². The van der Waals surface area contributed by atoms with Crippen molar-refractivity contribution in [2.45, 2.75) is 46.2 Å². The van der Waals surface area contributed by atoms with Crippen molar-refractivity contribution in [1.29, 1.82) is 0 Å². The second-order valence-electron chi connectivity index (χ2n) is 4.93. The number of nitrogens with one attached hydrogen (secondary N) is 1. The summed E-state index contributed by atoms with van der Waals surface area (Å²) in [6, 6.07) is 1.27. The van der Waals surface area contributed by atoms with E-state index in [0.717, 1.165) is 25.7 Å². The Kier molecular flexibility index (Phi) is 6.32. The van der Waals surface area contributed by atoms with Gasteiger partial charge in [0.15, 0.2) is 0 Å². The number of likely N-dealkylation sites (tertiary alicyclic amines) is 1. The van der Waals surface area contributed by atoms with Gasteiger partial charge in [-0.05, 0) is 32.7 Å². The molecule has 3 unspecified atom stereocenters. The van der Waals surface area contributed by atoms with E-state index in [1.807, 2.05) is 0 Å². The Morgan fingerprint density at radius 1 is 1.44 bits per heavy atom. The number of ether oxygens (including phenoxy) is 1. The van der Waals surface area contributed by atoms with Gasteiger partial charge in [0.2, 0.25) is 0 Å². The lowest BCUT2D eigenvalue weighted by molar-refractivity contribution is 0.0440. The number of hydrogen-bond donors (Lipinski definition) is 1. The fourth-order valence-corrected chi connectivity index (χ4v) is 2.54. The van der Waals surface area contributed by atoms with Crippen LogP contribution < -0.4 is 5.32 Å². The van der Waals surface area contributed by atoms with Gasteiger partial charge in [-0.3, -0.25) is 4.90 Å². The summed E-state index contributed by atoms with van der Waals surface area (Å²) in [5.74, 6) is 0.748. The van der Waals surface area contributed by atoms with E-state index in [1.54, 1.807) is 0 Å². The van der Waals surface area contributed by atoms with Crippen LogP contribution >= 0.6 is 0 Å². The van der Waals surface area contributed by atoms with Gasteiger partial charge >= 0.3 is 0 Å². The molecule has 1 saturated heterocycles. The molecule has 1 fully saturated rings. The van der Waals surface area contributed by atoms with E-state index in [-0.39, 0.29) is 0 Å². The first kappa shape index (κ1) is 13.9. The molecule has 3 atom stereocenters. The van der Waals surface area contributed by atoms with Gasteiger partial charge in [0, 0.05) is 31.8 Å². The third kappa shape index (κ3) is 4.04. The Hall–Kier alpha value is -0.120. The summed E-state index contributed by atoms with van der Waals surface area (Å²) in [6.45, 7) is 14.1. The van der Waals surface area contributed by atoms with Crippen molar-refractivity contribution in [3.63, 3.8) is 0 Å². The second-order valence-corrected chi connectivity index (χ2v) is 4.93. The lowest BCUT2D eigenvalue weighted by Gasteiger charge is -2.40. The molecule has 0 spiro atoms. The minimum absolute atomic E-state index is 0.560. The first-order chi connectivity index (χ1) is 7.69. The molecule has 0 radical (unpaired) electrons. The van der Waals surface area contributed by atoms with Gasteiger partial charge in [-0.25, -0.2) is 0 Å². The SMILES string of the molecule is CCNC1CCN(C(C)COCC)CC1C. The van der Waals surface area contributed by atoms with Gasteiger partial charge in [-0.15, -0.1) is 0 Å². The van der Waals surface area contributed by atoms with Gasteiger partial charge in [-0.2, -0.15) is 0 Å². The first-order valence-electron chi connectivity index (χ1n) is 6.74. The summed E-state index contributed by atoms with van der Waals surface area (Å²) >= 11 is 0. The molecule has 0 amide bonds. The maximum atomic E-state index is 5.50. The molecule has 3 nitrogen and oxygen atoms in total. The van der Waals surface area contributed by atoms with E-state index in [0.29, 0.717) is 12.1 Å². The molecule has 0 saturated carbocycles. The largest absolute Gasteiger partial charge is 0.380 e. The Labute approximate surface area is 101 Å². The topological polar surface area (TPSA) is 24.5 Å². The Morgan fingerprint density at radius 3 is 2.75 bits per heavy atom. The smallest absolute Gasteiger partial charge is 0.0618 e. The highest BCUT2D eigenvalue weighted by Crippen LogP contribution is 2.18. The summed E-state index contributed by atoms with van der Waals surface area (Å²) < 4.78 is 5.50. The lowest BCUT2D eigenvalue weighted by Crippen LogP contribution is -2.51. The average molecular weight is 228 g/mol. The summed E-state index contributed by atoms with van der Waals surface area (Å²) in [4.78, 5) is 2.56. The van der Waals surface area contributed by atoms with Gasteiger partial charge in [0.05, 0.1) is 6.61 Å². The molecule has 1 heterocycles. The van der Waals surface area contributed by atoms with Gasteiger partial charge in [0.1, 0.15) is 0 Å². The Morgan fingerprint density at radius 2 is 2.19 bits per heavy atom. The molecule has 1 aliphatic heterocycles. The number of piperidine rings is 1. The third-order valence-corrected chi connectivity index (χ3v) is 3.59. The van der Waals surface area contributed by atoms with Crippen molar-refractivity contribution in [2.24, 2.45) is 5.92 Å². The number of hydrogen-bond acceptors (Lipinski definition) is 3. The highest BCUT2D eigenvalue weighted by molar-refractivity contribution is 4.84. The number of rotatable bonds is 6. The van der Waals surface area contributed by atoms with Crippen LogP contribution in [0.25, 0.3) is 0 Å². The normalized spacial score (nSPS) is 29.2. The summed E-state index contributed by atoms with van der Waals surface area (Å²) in [7, 11) is 0. The van der Waals surface area contributed by atoms with E-state index >= 15 is 0 Å². The molecular weight excluding hydrogens is 200 g/mol. The van der Waals surface area contributed by atoms with Crippen LogP contribution in [0, 0.1) is 5.92 Å². The second kappa shape index (κ2) is 7.25. The van der Waals surface area contributed by atoms with Crippen molar-refractivity contribution in [3.8, 4) is 0 Å². The molecule has 0 aromatic rings.